The Morgan fingerprint density at radius 3 is 2.87 bits per heavy atom. The third kappa shape index (κ3) is 2.57. The van der Waals surface area contributed by atoms with Crippen LogP contribution < -0.4 is 5.73 Å². The van der Waals surface area contributed by atoms with E-state index in [-0.39, 0.29) is 6.04 Å². The van der Waals surface area contributed by atoms with Crippen LogP contribution in [0.15, 0.2) is 49.1 Å². The normalized spacial score (nSPS) is 17.8. The number of hydrogen-bond donors (Lipinski definition) is 2. The van der Waals surface area contributed by atoms with Crippen LogP contribution in [0.1, 0.15) is 28.7 Å². The van der Waals surface area contributed by atoms with Crippen molar-refractivity contribution in [3.63, 3.8) is 0 Å². The van der Waals surface area contributed by atoms with Crippen molar-refractivity contribution in [3.05, 3.63) is 71.7 Å². The first-order valence-electron chi connectivity index (χ1n) is 7.69. The molecule has 0 bridgehead atoms. The molecular weight excluding hydrogens is 288 g/mol. The van der Waals surface area contributed by atoms with Crippen LogP contribution in [0, 0.1) is 0 Å². The highest BCUT2D eigenvalue weighted by atomic mass is 15.2. The summed E-state index contributed by atoms with van der Waals surface area (Å²) in [7, 11) is 0. The molecule has 4 rings (SSSR count). The number of aromatic nitrogens is 4. The zero-order valence-electron chi connectivity index (χ0n) is 12.7. The van der Waals surface area contributed by atoms with Crippen LogP contribution in [0.3, 0.4) is 0 Å². The molecule has 1 unspecified atom stereocenters. The Hall–Kier alpha value is -2.73. The number of imidazole rings is 1. The minimum atomic E-state index is 0.0332. The Bertz CT molecular complexity index is 798. The zero-order chi connectivity index (χ0) is 15.6. The molecule has 0 fully saturated rings. The molecular formula is C17H18N6. The van der Waals surface area contributed by atoms with E-state index in [0.717, 1.165) is 36.5 Å². The smallest absolute Gasteiger partial charge is 0.127 e. The number of nitrogens with zero attached hydrogens (tertiary/aromatic N) is 4. The Morgan fingerprint density at radius 2 is 2.04 bits per heavy atom. The van der Waals surface area contributed by atoms with Gasteiger partial charge in [0.05, 0.1) is 23.8 Å². The second-order valence-corrected chi connectivity index (χ2v) is 5.69. The van der Waals surface area contributed by atoms with E-state index < -0.39 is 0 Å². The van der Waals surface area contributed by atoms with E-state index >= 15 is 0 Å². The summed E-state index contributed by atoms with van der Waals surface area (Å²) in [5.74, 6) is 0.583. The second kappa shape index (κ2) is 5.81. The van der Waals surface area contributed by atoms with Gasteiger partial charge in [0.15, 0.2) is 0 Å². The highest BCUT2D eigenvalue weighted by molar-refractivity contribution is 5.39. The number of nitrogens with one attached hydrogen (secondary N) is 1. The lowest BCUT2D eigenvalue weighted by Gasteiger charge is -2.34. The molecule has 6 nitrogen and oxygen atoms in total. The quantitative estimate of drug-likeness (QED) is 0.772. The summed E-state index contributed by atoms with van der Waals surface area (Å²) < 4.78 is 0. The fourth-order valence-corrected chi connectivity index (χ4v) is 3.16. The maximum absolute atomic E-state index is 6.02. The Morgan fingerprint density at radius 1 is 1.13 bits per heavy atom. The van der Waals surface area contributed by atoms with Gasteiger partial charge < -0.3 is 10.7 Å². The number of pyridine rings is 2. The van der Waals surface area contributed by atoms with Crippen molar-refractivity contribution in [2.24, 2.45) is 0 Å². The van der Waals surface area contributed by atoms with Crippen molar-refractivity contribution in [1.29, 1.82) is 0 Å². The van der Waals surface area contributed by atoms with Gasteiger partial charge in [-0.2, -0.15) is 0 Å². The summed E-state index contributed by atoms with van der Waals surface area (Å²) in [5.41, 5.74) is 10.3. The van der Waals surface area contributed by atoms with Crippen molar-refractivity contribution in [1.82, 2.24) is 24.8 Å². The summed E-state index contributed by atoms with van der Waals surface area (Å²) in [4.78, 5) is 18.9. The van der Waals surface area contributed by atoms with Crippen LogP contribution in [0.25, 0.3) is 0 Å². The van der Waals surface area contributed by atoms with E-state index in [1.807, 2.05) is 36.5 Å². The SMILES string of the molecule is Nc1ncccc1CN1CCc2[nH]cnc2C1c1ccccn1. The van der Waals surface area contributed by atoms with E-state index in [1.54, 1.807) is 12.5 Å². The van der Waals surface area contributed by atoms with Crippen molar-refractivity contribution in [3.8, 4) is 0 Å². The number of nitrogens with two attached hydrogens (primary N) is 1. The van der Waals surface area contributed by atoms with Crippen LogP contribution in [-0.2, 0) is 13.0 Å². The monoisotopic (exact) mass is 306 g/mol. The third-order valence-electron chi connectivity index (χ3n) is 4.29. The molecule has 0 saturated carbocycles. The molecule has 0 radical (unpaired) electrons. The Labute approximate surface area is 134 Å². The maximum Gasteiger partial charge on any atom is 0.127 e. The number of nitrogen functional groups attached to an aromatic ring is 1. The highest BCUT2D eigenvalue weighted by Gasteiger charge is 2.32. The summed E-state index contributed by atoms with van der Waals surface area (Å²) in [6.45, 7) is 1.65. The van der Waals surface area contributed by atoms with E-state index in [1.165, 1.54) is 5.69 Å². The third-order valence-corrected chi connectivity index (χ3v) is 4.29. The van der Waals surface area contributed by atoms with Crippen molar-refractivity contribution in [2.75, 3.05) is 12.3 Å². The van der Waals surface area contributed by atoms with Crippen molar-refractivity contribution < 1.29 is 0 Å². The first-order chi connectivity index (χ1) is 11.3. The number of rotatable bonds is 3. The predicted octanol–water partition coefficient (Wildman–Crippen LogP) is 1.93. The molecule has 6 heteroatoms. The molecule has 23 heavy (non-hydrogen) atoms. The Kier molecular flexibility index (Phi) is 3.51. The lowest BCUT2D eigenvalue weighted by molar-refractivity contribution is 0.197. The van der Waals surface area contributed by atoms with Crippen molar-refractivity contribution >= 4 is 5.82 Å². The van der Waals surface area contributed by atoms with Gasteiger partial charge in [-0.25, -0.2) is 9.97 Å². The molecule has 0 aliphatic carbocycles. The van der Waals surface area contributed by atoms with Crippen LogP contribution in [0.4, 0.5) is 5.82 Å². The lowest BCUT2D eigenvalue weighted by Crippen LogP contribution is -2.36. The topological polar surface area (TPSA) is 83.7 Å². The van der Waals surface area contributed by atoms with Gasteiger partial charge in [0, 0.05) is 43.2 Å². The number of anilines is 1. The average molecular weight is 306 g/mol. The van der Waals surface area contributed by atoms with Gasteiger partial charge in [0.2, 0.25) is 0 Å². The van der Waals surface area contributed by atoms with Gasteiger partial charge in [-0.15, -0.1) is 0 Å². The van der Waals surface area contributed by atoms with Crippen molar-refractivity contribution in [2.45, 2.75) is 19.0 Å². The van der Waals surface area contributed by atoms with E-state index in [9.17, 15) is 0 Å². The largest absolute Gasteiger partial charge is 0.383 e. The van der Waals surface area contributed by atoms with E-state index in [4.69, 9.17) is 5.73 Å². The van der Waals surface area contributed by atoms with Gasteiger partial charge in [0.25, 0.3) is 0 Å². The molecule has 3 aromatic heterocycles. The second-order valence-electron chi connectivity index (χ2n) is 5.69. The molecule has 0 saturated heterocycles. The minimum absolute atomic E-state index is 0.0332. The molecule has 0 amide bonds. The first kappa shape index (κ1) is 13.9. The highest BCUT2D eigenvalue weighted by Crippen LogP contribution is 2.33. The van der Waals surface area contributed by atoms with Gasteiger partial charge in [-0.3, -0.25) is 9.88 Å². The number of aromatic amines is 1. The summed E-state index contributed by atoms with van der Waals surface area (Å²) >= 11 is 0. The average Bonchev–Trinajstić information content (AvgIpc) is 3.06. The van der Waals surface area contributed by atoms with Crippen LogP contribution >= 0.6 is 0 Å². The fraction of sp³-hybridized carbons (Fsp3) is 0.235. The fourth-order valence-electron chi connectivity index (χ4n) is 3.16. The molecule has 1 atom stereocenters. The molecule has 1 aliphatic heterocycles. The predicted molar refractivity (Wildman–Crippen MR) is 87.4 cm³/mol. The Balaban J connectivity index is 1.72. The number of hydrogen-bond acceptors (Lipinski definition) is 5. The zero-order valence-corrected chi connectivity index (χ0v) is 12.7. The standard InChI is InChI=1S/C17H18N6/c18-17-12(4-3-8-20-17)10-23-9-6-13-15(22-11-21-13)16(23)14-5-1-2-7-19-14/h1-5,7-8,11,16H,6,9-10H2,(H2,18,20)(H,21,22). The molecule has 4 heterocycles. The number of H-pyrrole nitrogens is 1. The molecule has 0 spiro atoms. The summed E-state index contributed by atoms with van der Waals surface area (Å²) in [6, 6.07) is 9.98. The maximum atomic E-state index is 6.02. The van der Waals surface area contributed by atoms with E-state index in [2.05, 4.69) is 24.8 Å². The summed E-state index contributed by atoms with van der Waals surface area (Å²) in [5, 5.41) is 0. The molecule has 3 N–H and O–H groups in total. The van der Waals surface area contributed by atoms with Crippen LogP contribution in [0.5, 0.6) is 0 Å². The minimum Gasteiger partial charge on any atom is -0.383 e. The molecule has 0 aromatic carbocycles. The van der Waals surface area contributed by atoms with E-state index in [0.29, 0.717) is 5.82 Å². The lowest BCUT2D eigenvalue weighted by atomic mass is 9.98. The van der Waals surface area contributed by atoms with Gasteiger partial charge in [0.1, 0.15) is 5.82 Å². The number of fused-ring (bicyclic) bond motifs is 1. The van der Waals surface area contributed by atoms with Gasteiger partial charge >= 0.3 is 0 Å². The molecule has 3 aromatic rings. The first-order valence-corrected chi connectivity index (χ1v) is 7.69. The van der Waals surface area contributed by atoms with Crippen LogP contribution in [-0.4, -0.2) is 31.4 Å². The van der Waals surface area contributed by atoms with Gasteiger partial charge in [-0.05, 0) is 18.2 Å². The molecule has 1 aliphatic rings. The summed E-state index contributed by atoms with van der Waals surface area (Å²) in [6.07, 6.45) is 6.26. The molecule has 116 valence electrons. The van der Waals surface area contributed by atoms with Gasteiger partial charge in [-0.1, -0.05) is 12.1 Å². The van der Waals surface area contributed by atoms with Crippen LogP contribution in [0.2, 0.25) is 0 Å².